The maximum absolute atomic E-state index is 6.84. The van der Waals surface area contributed by atoms with Gasteiger partial charge in [0.25, 0.3) is 0 Å². The number of anilines is 6. The molecular weight excluding hydrogens is 1040 g/mol. The second kappa shape index (κ2) is 20.2. The van der Waals surface area contributed by atoms with E-state index < -0.39 is 0 Å². The lowest BCUT2D eigenvalue weighted by atomic mass is 9.87. The van der Waals surface area contributed by atoms with Crippen molar-refractivity contribution in [2.24, 2.45) is 0 Å². The number of hydrogen-bond acceptors (Lipinski definition) is 5. The van der Waals surface area contributed by atoms with Crippen molar-refractivity contribution in [3.05, 3.63) is 278 Å². The third-order valence-electron chi connectivity index (χ3n) is 17.0. The molecule has 0 fully saturated rings. The van der Waals surface area contributed by atoms with E-state index in [4.69, 9.17) is 13.3 Å². The molecule has 3 heterocycles. The van der Waals surface area contributed by atoms with Crippen molar-refractivity contribution in [1.29, 1.82) is 0 Å². The van der Waals surface area contributed by atoms with Gasteiger partial charge in [-0.15, -0.1) is 0 Å². The van der Waals surface area contributed by atoms with Crippen LogP contribution in [0, 0.1) is 0 Å². The van der Waals surface area contributed by atoms with Crippen LogP contribution in [0.1, 0.15) is 52.7 Å². The maximum Gasteiger partial charge on any atom is 0.137 e. The summed E-state index contributed by atoms with van der Waals surface area (Å²) >= 11 is 0. The van der Waals surface area contributed by atoms with Crippen LogP contribution >= 0.6 is 0 Å². The molecule has 0 saturated heterocycles. The SMILES string of the molecule is CC(C)(C)c1ccc(N(c2ccc(-c3ccc(-c4ccccc4)cc3)cc2)c2ccc3c(c2)oc2cc4c(cc23)oc2cc3c(cc24)oc2cc(N(c4ccc(-c5ccc(-c6ccccc6)cc5)cc4)c4ccc(C(C)(C)C)cc4)ccc23)cc1. The fourth-order valence-corrected chi connectivity index (χ4v) is 12.3. The van der Waals surface area contributed by atoms with E-state index in [1.54, 1.807) is 0 Å². The van der Waals surface area contributed by atoms with Gasteiger partial charge >= 0.3 is 0 Å². The Morgan fingerprint density at radius 1 is 0.212 bits per heavy atom. The van der Waals surface area contributed by atoms with Gasteiger partial charge in [0.15, 0.2) is 0 Å². The largest absolute Gasteiger partial charge is 0.456 e. The van der Waals surface area contributed by atoms with Gasteiger partial charge in [0, 0.05) is 78.6 Å². The van der Waals surface area contributed by atoms with Crippen LogP contribution in [0.4, 0.5) is 34.1 Å². The van der Waals surface area contributed by atoms with Gasteiger partial charge in [-0.3, -0.25) is 0 Å². The van der Waals surface area contributed by atoms with E-state index >= 15 is 0 Å². The monoisotopic (exact) mass is 1100 g/mol. The Labute approximate surface area is 495 Å². The van der Waals surface area contributed by atoms with Crippen LogP contribution in [0.5, 0.6) is 0 Å². The van der Waals surface area contributed by atoms with Gasteiger partial charge in [-0.25, -0.2) is 0 Å². The first-order valence-corrected chi connectivity index (χ1v) is 29.4. The van der Waals surface area contributed by atoms with Gasteiger partial charge in [0.05, 0.1) is 0 Å². The molecule has 5 nitrogen and oxygen atoms in total. The summed E-state index contributed by atoms with van der Waals surface area (Å²) in [6.07, 6.45) is 0. The molecule has 0 saturated carbocycles. The molecule has 0 N–H and O–H groups in total. The normalized spacial score (nSPS) is 12.1. The summed E-state index contributed by atoms with van der Waals surface area (Å²) < 4.78 is 20.4. The molecule has 0 radical (unpaired) electrons. The van der Waals surface area contributed by atoms with Gasteiger partial charge in [-0.05, 0) is 164 Å². The smallest absolute Gasteiger partial charge is 0.137 e. The van der Waals surface area contributed by atoms with Gasteiger partial charge in [-0.2, -0.15) is 0 Å². The van der Waals surface area contributed by atoms with E-state index in [0.29, 0.717) is 0 Å². The first kappa shape index (κ1) is 51.5. The second-order valence-corrected chi connectivity index (χ2v) is 24.6. The van der Waals surface area contributed by atoms with E-state index in [0.717, 1.165) is 111 Å². The molecule has 0 atom stereocenters. The van der Waals surface area contributed by atoms with E-state index in [1.165, 1.54) is 44.5 Å². The van der Waals surface area contributed by atoms with Gasteiger partial charge in [0.1, 0.15) is 33.5 Å². The van der Waals surface area contributed by atoms with Crippen molar-refractivity contribution in [1.82, 2.24) is 0 Å². The number of rotatable bonds is 10. The molecule has 3 aromatic heterocycles. The lowest BCUT2D eigenvalue weighted by Gasteiger charge is -2.27. The molecule has 0 spiro atoms. The Morgan fingerprint density at radius 2 is 0.435 bits per heavy atom. The van der Waals surface area contributed by atoms with Gasteiger partial charge in [-0.1, -0.05) is 199 Å². The van der Waals surface area contributed by atoms with Crippen molar-refractivity contribution in [2.75, 3.05) is 9.80 Å². The fraction of sp³-hybridized carbons (Fsp3) is 0.100. The number of furan rings is 3. The molecular formula is C80H62N2O3. The fourth-order valence-electron chi connectivity index (χ4n) is 12.3. The molecule has 85 heavy (non-hydrogen) atoms. The lowest BCUT2D eigenvalue weighted by molar-refractivity contribution is 0.590. The molecule has 0 bridgehead atoms. The molecule has 410 valence electrons. The van der Waals surface area contributed by atoms with Crippen LogP contribution in [-0.2, 0) is 10.8 Å². The van der Waals surface area contributed by atoms with Crippen LogP contribution in [-0.4, -0.2) is 0 Å². The summed E-state index contributed by atoms with van der Waals surface area (Å²) in [6.45, 7) is 13.5. The molecule has 15 rings (SSSR count). The number of fused-ring (bicyclic) bond motifs is 9. The standard InChI is InChI=1S/C80H62N2O3/c1-79(2,3)59-29-37-63(38-30-59)81(61-33-25-57(26-34-61)55-21-17-53(18-22-55)51-13-9-7-10-14-51)65-41-43-67-69-47-77-71(49-75(69)83-73(67)45-65)72-50-76-70(48-78(72)85-77)68-44-42-66(46-74(68)84-76)82(64-39-31-60(32-40-64)80(4,5)6)62-35-27-58(28-36-62)56-23-19-54(20-24-56)52-15-11-8-12-16-52/h7-50H,1-6H3. The summed E-state index contributed by atoms with van der Waals surface area (Å²) in [7, 11) is 0. The minimum Gasteiger partial charge on any atom is -0.456 e. The average molecular weight is 1100 g/mol. The summed E-state index contributed by atoms with van der Waals surface area (Å²) in [5.74, 6) is 0. The van der Waals surface area contributed by atoms with E-state index in [-0.39, 0.29) is 10.8 Å². The maximum atomic E-state index is 6.84. The van der Waals surface area contributed by atoms with E-state index in [9.17, 15) is 0 Å². The highest BCUT2D eigenvalue weighted by molar-refractivity contribution is 6.19. The highest BCUT2D eigenvalue weighted by atomic mass is 16.3. The van der Waals surface area contributed by atoms with Gasteiger partial charge < -0.3 is 23.1 Å². The average Bonchev–Trinajstić information content (AvgIpc) is 2.01. The Morgan fingerprint density at radius 3 is 0.718 bits per heavy atom. The second-order valence-electron chi connectivity index (χ2n) is 24.6. The summed E-state index contributed by atoms with van der Waals surface area (Å²) in [5.41, 5.74) is 23.1. The van der Waals surface area contributed by atoms with E-state index in [1.807, 2.05) is 0 Å². The van der Waals surface area contributed by atoms with Crippen molar-refractivity contribution in [2.45, 2.75) is 52.4 Å². The minimum absolute atomic E-state index is 0.0253. The van der Waals surface area contributed by atoms with Crippen molar-refractivity contribution >= 4 is 99.9 Å². The van der Waals surface area contributed by atoms with E-state index in [2.05, 4.69) is 318 Å². The zero-order valence-corrected chi connectivity index (χ0v) is 48.5. The summed E-state index contributed by atoms with van der Waals surface area (Å²) in [5, 5.41) is 6.00. The number of nitrogens with zero attached hydrogens (tertiary/aromatic N) is 2. The Hall–Kier alpha value is -10.4. The van der Waals surface area contributed by atoms with Crippen molar-refractivity contribution in [3.63, 3.8) is 0 Å². The molecule has 0 aliphatic carbocycles. The predicted molar refractivity (Wildman–Crippen MR) is 357 cm³/mol. The Balaban J connectivity index is 0.762. The van der Waals surface area contributed by atoms with Crippen LogP contribution in [0.2, 0.25) is 0 Å². The first-order chi connectivity index (χ1) is 41.3. The summed E-state index contributed by atoms with van der Waals surface area (Å²) in [4.78, 5) is 4.63. The molecule has 12 aromatic carbocycles. The lowest BCUT2D eigenvalue weighted by Crippen LogP contribution is -2.13. The van der Waals surface area contributed by atoms with Crippen LogP contribution in [0.25, 0.3) is 110 Å². The highest BCUT2D eigenvalue weighted by Crippen LogP contribution is 2.45. The first-order valence-electron chi connectivity index (χ1n) is 29.4. The molecule has 15 aromatic rings. The van der Waals surface area contributed by atoms with Crippen molar-refractivity contribution < 1.29 is 13.3 Å². The zero-order chi connectivity index (χ0) is 57.6. The van der Waals surface area contributed by atoms with Crippen LogP contribution in [0.15, 0.2) is 280 Å². The minimum atomic E-state index is 0.0253. The van der Waals surface area contributed by atoms with Crippen molar-refractivity contribution in [3.8, 4) is 44.5 Å². The number of benzene rings is 12. The quantitative estimate of drug-likeness (QED) is 0.137. The Kier molecular flexibility index (Phi) is 12.3. The van der Waals surface area contributed by atoms with Crippen LogP contribution in [0.3, 0.4) is 0 Å². The molecule has 0 aliphatic heterocycles. The highest BCUT2D eigenvalue weighted by Gasteiger charge is 2.23. The van der Waals surface area contributed by atoms with Crippen LogP contribution < -0.4 is 9.80 Å². The Bertz CT molecular complexity index is 4630. The predicted octanol–water partition coefficient (Wildman–Crippen LogP) is 23.6. The molecule has 0 amide bonds. The molecule has 0 aliphatic rings. The third kappa shape index (κ3) is 9.48. The molecule has 5 heteroatoms. The third-order valence-corrected chi connectivity index (χ3v) is 17.0. The summed E-state index contributed by atoms with van der Waals surface area (Å²) in [6, 6.07) is 95.9. The number of hydrogen-bond donors (Lipinski definition) is 0. The molecule has 0 unspecified atom stereocenters. The topological polar surface area (TPSA) is 45.9 Å². The zero-order valence-electron chi connectivity index (χ0n) is 48.5. The van der Waals surface area contributed by atoms with Gasteiger partial charge in [0.2, 0.25) is 0 Å².